The summed E-state index contributed by atoms with van der Waals surface area (Å²) in [5.41, 5.74) is 6.84. The number of carbonyl (C=O) groups excluding carboxylic acids is 1. The molecule has 0 aliphatic heterocycles. The van der Waals surface area contributed by atoms with Crippen LogP contribution < -0.4 is 11.1 Å². The monoisotopic (exact) mass is 282 g/mol. The number of amides is 1. The third kappa shape index (κ3) is 6.48. The molecule has 0 bridgehead atoms. The van der Waals surface area contributed by atoms with E-state index in [-0.39, 0.29) is 5.91 Å². The van der Waals surface area contributed by atoms with Crippen molar-refractivity contribution in [1.82, 2.24) is 0 Å². The van der Waals surface area contributed by atoms with E-state index in [1.807, 2.05) is 0 Å². The summed E-state index contributed by atoms with van der Waals surface area (Å²) in [5.74, 6) is 0.0383. The molecule has 19 heavy (non-hydrogen) atoms. The van der Waals surface area contributed by atoms with Crippen molar-refractivity contribution in [2.75, 3.05) is 11.1 Å². The minimum atomic E-state index is 0.0383. The van der Waals surface area contributed by atoms with Crippen molar-refractivity contribution in [2.45, 2.75) is 51.9 Å². The van der Waals surface area contributed by atoms with Gasteiger partial charge in [0.2, 0.25) is 5.91 Å². The predicted octanol–water partition coefficient (Wildman–Crippen LogP) is 4.61. The zero-order valence-corrected chi connectivity index (χ0v) is 12.3. The maximum Gasteiger partial charge on any atom is 0.224 e. The number of nitrogens with two attached hydrogens (primary N) is 1. The van der Waals surface area contributed by atoms with Crippen LogP contribution in [0.4, 0.5) is 11.4 Å². The van der Waals surface area contributed by atoms with Gasteiger partial charge in [0.1, 0.15) is 0 Å². The Morgan fingerprint density at radius 3 is 2.58 bits per heavy atom. The minimum Gasteiger partial charge on any atom is -0.398 e. The molecule has 0 aromatic heterocycles. The molecule has 0 aliphatic carbocycles. The zero-order valence-electron chi connectivity index (χ0n) is 11.5. The van der Waals surface area contributed by atoms with Crippen molar-refractivity contribution in [1.29, 1.82) is 0 Å². The number of nitrogen functional groups attached to an aromatic ring is 1. The second kappa shape index (κ2) is 8.81. The number of hydrogen-bond acceptors (Lipinski definition) is 2. The minimum absolute atomic E-state index is 0.0383. The maximum absolute atomic E-state index is 11.7. The summed E-state index contributed by atoms with van der Waals surface area (Å²) < 4.78 is 0. The van der Waals surface area contributed by atoms with Crippen molar-refractivity contribution in [3.8, 4) is 0 Å². The molecule has 106 valence electrons. The Morgan fingerprint density at radius 2 is 1.89 bits per heavy atom. The van der Waals surface area contributed by atoms with Crippen LogP contribution in [-0.4, -0.2) is 5.91 Å². The summed E-state index contributed by atoms with van der Waals surface area (Å²) in [6.07, 6.45) is 7.65. The molecule has 1 aromatic carbocycles. The second-order valence-electron chi connectivity index (χ2n) is 4.80. The van der Waals surface area contributed by atoms with E-state index in [0.29, 0.717) is 22.8 Å². The average Bonchev–Trinajstić information content (AvgIpc) is 2.38. The molecule has 0 heterocycles. The Bertz CT molecular complexity index is 407. The fourth-order valence-corrected chi connectivity index (χ4v) is 2.07. The number of rotatable bonds is 8. The first-order chi connectivity index (χ1) is 9.13. The Morgan fingerprint density at radius 1 is 1.21 bits per heavy atom. The van der Waals surface area contributed by atoms with E-state index in [2.05, 4.69) is 12.2 Å². The van der Waals surface area contributed by atoms with Crippen molar-refractivity contribution in [3.63, 3.8) is 0 Å². The number of nitrogens with one attached hydrogen (secondary N) is 1. The van der Waals surface area contributed by atoms with Crippen LogP contribution in [0.3, 0.4) is 0 Å². The van der Waals surface area contributed by atoms with Crippen LogP contribution in [0.1, 0.15) is 51.9 Å². The van der Waals surface area contributed by atoms with E-state index < -0.39 is 0 Å². The third-order valence-corrected chi connectivity index (χ3v) is 3.37. The van der Waals surface area contributed by atoms with Gasteiger partial charge in [-0.15, -0.1) is 0 Å². The van der Waals surface area contributed by atoms with Gasteiger partial charge < -0.3 is 11.1 Å². The predicted molar refractivity (Wildman–Crippen MR) is 82.5 cm³/mol. The van der Waals surface area contributed by atoms with Crippen LogP contribution in [0.5, 0.6) is 0 Å². The molecule has 0 unspecified atom stereocenters. The van der Waals surface area contributed by atoms with Crippen LogP contribution >= 0.6 is 11.6 Å². The van der Waals surface area contributed by atoms with Crippen molar-refractivity contribution < 1.29 is 4.79 Å². The first-order valence-corrected chi connectivity index (χ1v) is 7.36. The van der Waals surface area contributed by atoms with Gasteiger partial charge in [0.05, 0.1) is 10.7 Å². The fourth-order valence-electron chi connectivity index (χ4n) is 1.89. The first-order valence-electron chi connectivity index (χ1n) is 6.98. The van der Waals surface area contributed by atoms with E-state index in [1.165, 1.54) is 25.7 Å². The molecule has 0 spiro atoms. The van der Waals surface area contributed by atoms with Crippen molar-refractivity contribution in [2.24, 2.45) is 0 Å². The molecule has 4 heteroatoms. The standard InChI is InChI=1S/C15H23ClN2O/c1-2-3-4-5-6-7-8-15(19)18-12-9-10-14(17)13(16)11-12/h9-11H,2-8,17H2,1H3,(H,18,19). The molecule has 0 aliphatic rings. The van der Waals surface area contributed by atoms with E-state index >= 15 is 0 Å². The van der Waals surface area contributed by atoms with Gasteiger partial charge in [-0.25, -0.2) is 0 Å². The summed E-state index contributed by atoms with van der Waals surface area (Å²) in [5, 5.41) is 3.30. The van der Waals surface area contributed by atoms with Crippen LogP contribution in [0.25, 0.3) is 0 Å². The second-order valence-corrected chi connectivity index (χ2v) is 5.21. The van der Waals surface area contributed by atoms with E-state index in [1.54, 1.807) is 18.2 Å². The normalized spacial score (nSPS) is 10.4. The fraction of sp³-hybridized carbons (Fsp3) is 0.533. The van der Waals surface area contributed by atoms with Crippen molar-refractivity contribution >= 4 is 28.9 Å². The summed E-state index contributed by atoms with van der Waals surface area (Å²) in [4.78, 5) is 11.7. The summed E-state index contributed by atoms with van der Waals surface area (Å²) in [6.45, 7) is 2.20. The van der Waals surface area contributed by atoms with Gasteiger partial charge in [0.25, 0.3) is 0 Å². The number of anilines is 2. The lowest BCUT2D eigenvalue weighted by molar-refractivity contribution is -0.116. The van der Waals surface area contributed by atoms with Gasteiger partial charge in [-0.3, -0.25) is 4.79 Å². The first kappa shape index (κ1) is 15.8. The largest absolute Gasteiger partial charge is 0.398 e. The van der Waals surface area contributed by atoms with Gasteiger partial charge >= 0.3 is 0 Å². The third-order valence-electron chi connectivity index (χ3n) is 3.04. The quantitative estimate of drug-likeness (QED) is 0.540. The van der Waals surface area contributed by atoms with Gasteiger partial charge in [-0.2, -0.15) is 0 Å². The highest BCUT2D eigenvalue weighted by molar-refractivity contribution is 6.33. The number of carbonyl (C=O) groups is 1. The molecule has 1 rings (SSSR count). The van der Waals surface area contributed by atoms with Crippen LogP contribution in [0, 0.1) is 0 Å². The van der Waals surface area contributed by atoms with Crippen LogP contribution in [0.2, 0.25) is 5.02 Å². The highest BCUT2D eigenvalue weighted by Crippen LogP contribution is 2.22. The lowest BCUT2D eigenvalue weighted by Gasteiger charge is -2.06. The highest BCUT2D eigenvalue weighted by atomic mass is 35.5. The maximum atomic E-state index is 11.7. The molecule has 3 N–H and O–H groups in total. The molecule has 3 nitrogen and oxygen atoms in total. The van der Waals surface area contributed by atoms with Crippen LogP contribution in [0.15, 0.2) is 18.2 Å². The summed E-state index contributed by atoms with van der Waals surface area (Å²) >= 11 is 5.90. The van der Waals surface area contributed by atoms with Crippen LogP contribution in [-0.2, 0) is 4.79 Å². The molecule has 1 aromatic rings. The van der Waals surface area contributed by atoms with E-state index in [4.69, 9.17) is 17.3 Å². The molecule has 0 saturated heterocycles. The number of halogens is 1. The van der Waals surface area contributed by atoms with Gasteiger partial charge in [-0.05, 0) is 24.6 Å². The average molecular weight is 283 g/mol. The van der Waals surface area contributed by atoms with E-state index in [0.717, 1.165) is 12.8 Å². The molecule has 0 saturated carbocycles. The van der Waals surface area contributed by atoms with Gasteiger partial charge in [0.15, 0.2) is 0 Å². The Labute approximate surface area is 120 Å². The lowest BCUT2D eigenvalue weighted by atomic mass is 10.1. The molecule has 1 amide bonds. The molecular formula is C15H23ClN2O. The molecular weight excluding hydrogens is 260 g/mol. The zero-order chi connectivity index (χ0) is 14.1. The SMILES string of the molecule is CCCCCCCCC(=O)Nc1ccc(N)c(Cl)c1. The van der Waals surface area contributed by atoms with Gasteiger partial charge in [-0.1, -0.05) is 50.6 Å². The van der Waals surface area contributed by atoms with Gasteiger partial charge in [0, 0.05) is 12.1 Å². The smallest absolute Gasteiger partial charge is 0.224 e. The molecule has 0 fully saturated rings. The Hall–Kier alpha value is -1.22. The number of hydrogen-bond donors (Lipinski definition) is 2. The molecule has 0 radical (unpaired) electrons. The molecule has 0 atom stereocenters. The number of benzene rings is 1. The lowest BCUT2D eigenvalue weighted by Crippen LogP contribution is -2.11. The van der Waals surface area contributed by atoms with E-state index in [9.17, 15) is 4.79 Å². The Balaban J connectivity index is 2.21. The highest BCUT2D eigenvalue weighted by Gasteiger charge is 2.04. The van der Waals surface area contributed by atoms with Crippen molar-refractivity contribution in [3.05, 3.63) is 23.2 Å². The summed E-state index contributed by atoms with van der Waals surface area (Å²) in [7, 11) is 0. The summed E-state index contributed by atoms with van der Waals surface area (Å²) in [6, 6.07) is 5.14. The topological polar surface area (TPSA) is 55.1 Å². The number of unbranched alkanes of at least 4 members (excludes halogenated alkanes) is 5. The Kier molecular flexibility index (Phi) is 7.34.